The molecule has 0 aliphatic heterocycles. The van der Waals surface area contributed by atoms with E-state index in [-0.39, 0.29) is 11.3 Å². The van der Waals surface area contributed by atoms with Gasteiger partial charge in [-0.3, -0.25) is 4.79 Å². The Balaban J connectivity index is 1.69. The van der Waals surface area contributed by atoms with E-state index >= 15 is 0 Å². The average Bonchev–Trinajstić information content (AvgIpc) is 3.11. The third-order valence-electron chi connectivity index (χ3n) is 5.04. The number of hydrogen-bond donors (Lipinski definition) is 1. The highest BCUT2D eigenvalue weighted by atomic mass is 19.1. The van der Waals surface area contributed by atoms with Gasteiger partial charge in [0.1, 0.15) is 17.5 Å². The molecule has 31 heavy (non-hydrogen) atoms. The van der Waals surface area contributed by atoms with Gasteiger partial charge in [-0.25, -0.2) is 4.39 Å². The van der Waals surface area contributed by atoms with Gasteiger partial charge in [0, 0.05) is 29.2 Å². The van der Waals surface area contributed by atoms with Gasteiger partial charge in [0.15, 0.2) is 0 Å². The van der Waals surface area contributed by atoms with Crippen LogP contribution in [0.2, 0.25) is 0 Å². The summed E-state index contributed by atoms with van der Waals surface area (Å²) < 4.78 is 16.0. The van der Waals surface area contributed by atoms with Crippen LogP contribution in [0, 0.1) is 24.1 Å². The van der Waals surface area contributed by atoms with Crippen LogP contribution in [0.3, 0.4) is 0 Å². The third kappa shape index (κ3) is 4.39. The summed E-state index contributed by atoms with van der Waals surface area (Å²) in [5.41, 5.74) is 4.04. The van der Waals surface area contributed by atoms with Crippen LogP contribution < -0.4 is 5.32 Å². The van der Waals surface area contributed by atoms with Crippen molar-refractivity contribution in [3.05, 3.63) is 107 Å². The molecule has 0 spiro atoms. The second-order valence-electron chi connectivity index (χ2n) is 7.32. The Hall–Kier alpha value is -4.17. The van der Waals surface area contributed by atoms with Crippen molar-refractivity contribution >= 4 is 28.6 Å². The number of fused-ring (bicyclic) bond motifs is 1. The minimum Gasteiger partial charge on any atom is -0.342 e. The van der Waals surface area contributed by atoms with Gasteiger partial charge in [0.05, 0.1) is 5.69 Å². The summed E-state index contributed by atoms with van der Waals surface area (Å²) in [6.07, 6.45) is 3.48. The van der Waals surface area contributed by atoms with Gasteiger partial charge < -0.3 is 9.88 Å². The van der Waals surface area contributed by atoms with Crippen molar-refractivity contribution in [2.24, 2.45) is 0 Å². The Morgan fingerprint density at radius 3 is 2.65 bits per heavy atom. The largest absolute Gasteiger partial charge is 0.342 e. The number of benzene rings is 3. The first-order valence-electron chi connectivity index (χ1n) is 9.86. The fourth-order valence-electron chi connectivity index (χ4n) is 3.58. The Morgan fingerprint density at radius 1 is 1.10 bits per heavy atom. The predicted molar refractivity (Wildman–Crippen MR) is 121 cm³/mol. The van der Waals surface area contributed by atoms with Crippen LogP contribution in [-0.2, 0) is 11.3 Å². The number of carbonyl (C=O) groups is 1. The second kappa shape index (κ2) is 8.68. The van der Waals surface area contributed by atoms with E-state index in [1.54, 1.807) is 12.1 Å². The molecule has 4 rings (SSSR count). The monoisotopic (exact) mass is 409 g/mol. The highest BCUT2D eigenvalue weighted by molar-refractivity contribution is 6.10. The summed E-state index contributed by atoms with van der Waals surface area (Å²) in [7, 11) is 0. The van der Waals surface area contributed by atoms with Crippen molar-refractivity contribution in [3.63, 3.8) is 0 Å². The molecule has 0 atom stereocenters. The van der Waals surface area contributed by atoms with Gasteiger partial charge in [-0.05, 0) is 36.8 Å². The van der Waals surface area contributed by atoms with Crippen LogP contribution in [0.15, 0.2) is 84.6 Å². The zero-order valence-corrected chi connectivity index (χ0v) is 17.0. The van der Waals surface area contributed by atoms with Gasteiger partial charge >= 0.3 is 0 Å². The van der Waals surface area contributed by atoms with Crippen molar-refractivity contribution in [2.45, 2.75) is 13.5 Å². The minimum atomic E-state index is -0.650. The quantitative estimate of drug-likeness (QED) is 0.340. The zero-order valence-electron chi connectivity index (χ0n) is 17.0. The zero-order chi connectivity index (χ0) is 21.8. The van der Waals surface area contributed by atoms with E-state index in [9.17, 15) is 14.4 Å². The van der Waals surface area contributed by atoms with Crippen molar-refractivity contribution in [1.29, 1.82) is 5.26 Å². The molecule has 152 valence electrons. The van der Waals surface area contributed by atoms with Crippen LogP contribution in [-0.4, -0.2) is 10.5 Å². The van der Waals surface area contributed by atoms with E-state index in [0.29, 0.717) is 6.54 Å². The van der Waals surface area contributed by atoms with Gasteiger partial charge in [-0.15, -0.1) is 0 Å². The van der Waals surface area contributed by atoms with Crippen molar-refractivity contribution in [1.82, 2.24) is 4.57 Å². The lowest BCUT2D eigenvalue weighted by Gasteiger charge is -2.06. The first kappa shape index (κ1) is 20.1. The summed E-state index contributed by atoms with van der Waals surface area (Å²) >= 11 is 0. The first-order valence-corrected chi connectivity index (χ1v) is 9.86. The van der Waals surface area contributed by atoms with Crippen molar-refractivity contribution in [3.8, 4) is 6.07 Å². The SMILES string of the molecule is Cc1cccc(Cn2cc(/C=C(\C#N)C(=O)Nc3ccccc3F)c3ccccc32)c1. The minimum absolute atomic E-state index is 0.0375. The van der Waals surface area contributed by atoms with Crippen LogP contribution >= 0.6 is 0 Å². The molecule has 4 aromatic rings. The van der Waals surface area contributed by atoms with E-state index in [4.69, 9.17) is 0 Å². The number of nitriles is 1. The number of rotatable bonds is 5. The normalized spacial score (nSPS) is 11.3. The molecule has 4 nitrogen and oxygen atoms in total. The maximum absolute atomic E-state index is 13.9. The number of anilines is 1. The number of aryl methyl sites for hydroxylation is 1. The molecule has 0 fully saturated rings. The Labute approximate surface area is 179 Å². The number of carbonyl (C=O) groups excluding carboxylic acids is 1. The number of amides is 1. The van der Waals surface area contributed by atoms with E-state index < -0.39 is 11.7 Å². The van der Waals surface area contributed by atoms with Gasteiger partial charge in [-0.2, -0.15) is 5.26 Å². The summed E-state index contributed by atoms with van der Waals surface area (Å²) in [5, 5.41) is 13.0. The summed E-state index contributed by atoms with van der Waals surface area (Å²) in [6.45, 7) is 2.72. The third-order valence-corrected chi connectivity index (χ3v) is 5.04. The molecule has 1 aromatic heterocycles. The molecule has 1 N–H and O–H groups in total. The van der Waals surface area contributed by atoms with Crippen LogP contribution in [0.25, 0.3) is 17.0 Å². The first-order chi connectivity index (χ1) is 15.0. The highest BCUT2D eigenvalue weighted by Gasteiger charge is 2.14. The van der Waals surface area contributed by atoms with E-state index in [1.807, 2.05) is 42.6 Å². The number of halogens is 1. The molecule has 3 aromatic carbocycles. The summed E-state index contributed by atoms with van der Waals surface area (Å²) in [6, 6.07) is 23.9. The topological polar surface area (TPSA) is 57.8 Å². The molecule has 0 aliphatic rings. The van der Waals surface area contributed by atoms with E-state index in [0.717, 1.165) is 22.0 Å². The molecule has 0 unspecified atom stereocenters. The fraction of sp³-hybridized carbons (Fsp3) is 0.0769. The lowest BCUT2D eigenvalue weighted by atomic mass is 10.1. The highest BCUT2D eigenvalue weighted by Crippen LogP contribution is 2.25. The number of para-hydroxylation sites is 2. The standard InChI is InChI=1S/C26H20FN3O/c1-18-7-6-8-19(13-18)16-30-17-21(22-9-2-5-12-25(22)30)14-20(15-28)26(31)29-24-11-4-3-10-23(24)27/h2-14,17H,16H2,1H3,(H,29,31)/b20-14+. The predicted octanol–water partition coefficient (Wildman–Crippen LogP) is 5.68. The van der Waals surface area contributed by atoms with Crippen molar-refractivity contribution in [2.75, 3.05) is 5.32 Å². The van der Waals surface area contributed by atoms with E-state index in [2.05, 4.69) is 35.0 Å². The fourth-order valence-corrected chi connectivity index (χ4v) is 3.58. The van der Waals surface area contributed by atoms with Gasteiger partial charge in [0.2, 0.25) is 0 Å². The molecule has 0 saturated carbocycles. The molecule has 0 radical (unpaired) electrons. The Morgan fingerprint density at radius 2 is 1.87 bits per heavy atom. The summed E-state index contributed by atoms with van der Waals surface area (Å²) in [5.74, 6) is -1.20. The van der Waals surface area contributed by atoms with Crippen LogP contribution in [0.5, 0.6) is 0 Å². The Kier molecular flexibility index (Phi) is 5.63. The maximum Gasteiger partial charge on any atom is 0.266 e. The Bertz CT molecular complexity index is 1340. The second-order valence-corrected chi connectivity index (χ2v) is 7.32. The van der Waals surface area contributed by atoms with Gasteiger partial charge in [-0.1, -0.05) is 60.2 Å². The molecular formula is C26H20FN3O. The molecule has 0 saturated heterocycles. The molecule has 1 heterocycles. The maximum atomic E-state index is 13.9. The molecule has 5 heteroatoms. The van der Waals surface area contributed by atoms with Crippen molar-refractivity contribution < 1.29 is 9.18 Å². The smallest absolute Gasteiger partial charge is 0.266 e. The number of nitrogens with one attached hydrogen (secondary N) is 1. The average molecular weight is 409 g/mol. The van der Waals surface area contributed by atoms with Gasteiger partial charge in [0.25, 0.3) is 5.91 Å². The molecule has 0 bridgehead atoms. The van der Waals surface area contributed by atoms with Crippen LogP contribution in [0.1, 0.15) is 16.7 Å². The van der Waals surface area contributed by atoms with E-state index in [1.165, 1.54) is 23.8 Å². The lowest BCUT2D eigenvalue weighted by Crippen LogP contribution is -2.14. The number of nitrogens with zero attached hydrogens (tertiary/aromatic N) is 2. The number of hydrogen-bond acceptors (Lipinski definition) is 2. The molecular weight excluding hydrogens is 389 g/mol. The lowest BCUT2D eigenvalue weighted by molar-refractivity contribution is -0.112. The van der Waals surface area contributed by atoms with Crippen LogP contribution in [0.4, 0.5) is 10.1 Å². The number of aromatic nitrogens is 1. The molecule has 0 aliphatic carbocycles. The summed E-state index contributed by atoms with van der Waals surface area (Å²) in [4.78, 5) is 12.6. The molecule has 1 amide bonds.